The third-order valence-electron chi connectivity index (χ3n) is 2.83. The van der Waals surface area contributed by atoms with E-state index in [9.17, 15) is 9.90 Å². The highest BCUT2D eigenvalue weighted by Gasteiger charge is 2.20. The van der Waals surface area contributed by atoms with Crippen molar-refractivity contribution in [3.63, 3.8) is 0 Å². The summed E-state index contributed by atoms with van der Waals surface area (Å²) >= 11 is 0. The monoisotopic (exact) mass is 288 g/mol. The van der Waals surface area contributed by atoms with Gasteiger partial charge in [-0.05, 0) is 27.2 Å². The first-order chi connectivity index (χ1) is 9.09. The quantitative estimate of drug-likeness (QED) is 0.641. The molecule has 0 aromatic rings. The SMILES string of the molecule is CCCC(CNC(=O)OC(C)(C)C)NCC(C)(C)CO. The molecular formula is C15H32N2O3. The first-order valence-electron chi connectivity index (χ1n) is 7.41. The summed E-state index contributed by atoms with van der Waals surface area (Å²) in [5, 5.41) is 15.4. The number of hydrogen-bond donors (Lipinski definition) is 3. The smallest absolute Gasteiger partial charge is 0.407 e. The van der Waals surface area contributed by atoms with Gasteiger partial charge in [0.05, 0.1) is 0 Å². The van der Waals surface area contributed by atoms with Crippen LogP contribution in [0.3, 0.4) is 0 Å². The maximum absolute atomic E-state index is 11.6. The largest absolute Gasteiger partial charge is 0.444 e. The van der Waals surface area contributed by atoms with Crippen molar-refractivity contribution in [3.8, 4) is 0 Å². The Labute approximate surface area is 123 Å². The van der Waals surface area contributed by atoms with Crippen LogP contribution in [0.25, 0.3) is 0 Å². The summed E-state index contributed by atoms with van der Waals surface area (Å²) in [5.74, 6) is 0. The molecule has 5 nitrogen and oxygen atoms in total. The molecule has 0 aliphatic rings. The fourth-order valence-electron chi connectivity index (χ4n) is 1.62. The molecule has 0 heterocycles. The third-order valence-corrected chi connectivity index (χ3v) is 2.83. The van der Waals surface area contributed by atoms with Crippen LogP contribution in [0.5, 0.6) is 0 Å². The number of nitrogens with one attached hydrogen (secondary N) is 2. The molecule has 0 bridgehead atoms. The average molecular weight is 288 g/mol. The number of amides is 1. The lowest BCUT2D eigenvalue weighted by Crippen LogP contribution is -2.46. The Morgan fingerprint density at radius 2 is 1.85 bits per heavy atom. The molecule has 0 spiro atoms. The van der Waals surface area contributed by atoms with Crippen molar-refractivity contribution >= 4 is 6.09 Å². The van der Waals surface area contributed by atoms with Crippen LogP contribution >= 0.6 is 0 Å². The molecule has 0 aliphatic heterocycles. The van der Waals surface area contributed by atoms with Crippen LogP contribution in [-0.2, 0) is 4.74 Å². The van der Waals surface area contributed by atoms with Crippen LogP contribution in [0.1, 0.15) is 54.4 Å². The van der Waals surface area contributed by atoms with Crippen molar-refractivity contribution in [2.45, 2.75) is 66.0 Å². The number of carbonyl (C=O) groups excluding carboxylic acids is 1. The zero-order valence-corrected chi connectivity index (χ0v) is 13.9. The number of aliphatic hydroxyl groups excluding tert-OH is 1. The molecule has 0 aromatic carbocycles. The highest BCUT2D eigenvalue weighted by molar-refractivity contribution is 5.67. The van der Waals surface area contributed by atoms with Crippen LogP contribution < -0.4 is 10.6 Å². The minimum atomic E-state index is -0.476. The summed E-state index contributed by atoms with van der Waals surface area (Å²) < 4.78 is 5.22. The van der Waals surface area contributed by atoms with Gasteiger partial charge >= 0.3 is 6.09 Å². The topological polar surface area (TPSA) is 70.6 Å². The van der Waals surface area contributed by atoms with Gasteiger partial charge in [-0.15, -0.1) is 0 Å². The number of aliphatic hydroxyl groups is 1. The Balaban J connectivity index is 4.18. The van der Waals surface area contributed by atoms with E-state index in [0.717, 1.165) is 12.8 Å². The first kappa shape index (κ1) is 19.2. The molecular weight excluding hydrogens is 256 g/mol. The van der Waals surface area contributed by atoms with E-state index in [2.05, 4.69) is 17.6 Å². The van der Waals surface area contributed by atoms with Crippen molar-refractivity contribution in [1.82, 2.24) is 10.6 Å². The zero-order valence-electron chi connectivity index (χ0n) is 13.9. The van der Waals surface area contributed by atoms with E-state index in [1.165, 1.54) is 0 Å². The summed E-state index contributed by atoms with van der Waals surface area (Å²) in [5.41, 5.74) is -0.630. The van der Waals surface area contributed by atoms with Gasteiger partial charge in [0.15, 0.2) is 0 Å². The van der Waals surface area contributed by atoms with E-state index in [1.54, 1.807) is 0 Å². The summed E-state index contributed by atoms with van der Waals surface area (Å²) in [4.78, 5) is 11.6. The Bertz CT molecular complexity index is 285. The second-order valence-electron chi connectivity index (χ2n) is 7.07. The molecule has 1 amide bonds. The number of rotatable bonds is 8. The third kappa shape index (κ3) is 10.0. The molecule has 0 fully saturated rings. The van der Waals surface area contributed by atoms with E-state index in [-0.39, 0.29) is 24.2 Å². The number of alkyl carbamates (subject to hydrolysis) is 1. The molecule has 20 heavy (non-hydrogen) atoms. The fourth-order valence-corrected chi connectivity index (χ4v) is 1.62. The highest BCUT2D eigenvalue weighted by atomic mass is 16.6. The van der Waals surface area contributed by atoms with Crippen LogP contribution in [0.4, 0.5) is 4.79 Å². The first-order valence-corrected chi connectivity index (χ1v) is 7.41. The summed E-state index contributed by atoms with van der Waals surface area (Å²) in [7, 11) is 0. The molecule has 5 heteroatoms. The standard InChI is InChI=1S/C15H32N2O3/c1-7-8-12(17-10-15(5,6)11-18)9-16-13(19)20-14(2,3)4/h12,17-18H,7-11H2,1-6H3,(H,16,19). The summed E-state index contributed by atoms with van der Waals surface area (Å²) in [6, 6.07) is 0.193. The molecule has 0 saturated heterocycles. The summed E-state index contributed by atoms with van der Waals surface area (Å²) in [6.45, 7) is 13.0. The lowest BCUT2D eigenvalue weighted by atomic mass is 9.94. The normalized spacial score (nSPS) is 13.9. The summed E-state index contributed by atoms with van der Waals surface area (Å²) in [6.07, 6.45) is 1.62. The van der Waals surface area contributed by atoms with Crippen molar-refractivity contribution in [1.29, 1.82) is 0 Å². The van der Waals surface area contributed by atoms with E-state index < -0.39 is 5.60 Å². The Morgan fingerprint density at radius 3 is 2.30 bits per heavy atom. The molecule has 3 N–H and O–H groups in total. The van der Waals surface area contributed by atoms with E-state index >= 15 is 0 Å². The predicted octanol–water partition coefficient (Wildman–Crippen LogP) is 2.29. The predicted molar refractivity (Wildman–Crippen MR) is 81.8 cm³/mol. The molecule has 1 unspecified atom stereocenters. The van der Waals surface area contributed by atoms with Crippen LogP contribution in [0, 0.1) is 5.41 Å². The molecule has 0 rings (SSSR count). The average Bonchev–Trinajstić information content (AvgIpc) is 2.30. The van der Waals surface area contributed by atoms with E-state index in [4.69, 9.17) is 4.74 Å². The van der Waals surface area contributed by atoms with Crippen molar-refractivity contribution in [2.24, 2.45) is 5.41 Å². The lowest BCUT2D eigenvalue weighted by Gasteiger charge is -2.27. The zero-order chi connectivity index (χ0) is 15.8. The second-order valence-corrected chi connectivity index (χ2v) is 7.07. The van der Waals surface area contributed by atoms with Gasteiger partial charge < -0.3 is 20.5 Å². The van der Waals surface area contributed by atoms with Gasteiger partial charge in [-0.3, -0.25) is 0 Å². The lowest BCUT2D eigenvalue weighted by molar-refractivity contribution is 0.0520. The van der Waals surface area contributed by atoms with Gasteiger partial charge in [0.1, 0.15) is 5.60 Å². The Kier molecular flexibility index (Phi) is 8.13. The minimum Gasteiger partial charge on any atom is -0.444 e. The molecule has 0 aliphatic carbocycles. The number of hydrogen-bond acceptors (Lipinski definition) is 4. The van der Waals surface area contributed by atoms with Crippen molar-refractivity contribution in [2.75, 3.05) is 19.7 Å². The molecule has 120 valence electrons. The Morgan fingerprint density at radius 1 is 1.25 bits per heavy atom. The van der Waals surface area contributed by atoms with E-state index in [1.807, 2.05) is 34.6 Å². The Hall–Kier alpha value is -0.810. The van der Waals surface area contributed by atoms with Gasteiger partial charge in [0.25, 0.3) is 0 Å². The maximum Gasteiger partial charge on any atom is 0.407 e. The van der Waals surface area contributed by atoms with Gasteiger partial charge in [-0.25, -0.2) is 4.79 Å². The molecule has 1 atom stereocenters. The maximum atomic E-state index is 11.6. The molecule has 0 radical (unpaired) electrons. The van der Waals surface area contributed by atoms with E-state index in [0.29, 0.717) is 13.1 Å². The minimum absolute atomic E-state index is 0.137. The van der Waals surface area contributed by atoms with Crippen molar-refractivity contribution in [3.05, 3.63) is 0 Å². The van der Waals surface area contributed by atoms with Gasteiger partial charge in [0, 0.05) is 31.2 Å². The van der Waals surface area contributed by atoms with Gasteiger partial charge in [0.2, 0.25) is 0 Å². The van der Waals surface area contributed by atoms with Crippen LogP contribution in [0.15, 0.2) is 0 Å². The molecule has 0 aromatic heterocycles. The second kappa shape index (κ2) is 8.47. The fraction of sp³-hybridized carbons (Fsp3) is 0.933. The van der Waals surface area contributed by atoms with Crippen LogP contribution in [0.2, 0.25) is 0 Å². The van der Waals surface area contributed by atoms with Gasteiger partial charge in [-0.2, -0.15) is 0 Å². The van der Waals surface area contributed by atoms with Gasteiger partial charge in [-0.1, -0.05) is 27.2 Å². The number of carbonyl (C=O) groups is 1. The van der Waals surface area contributed by atoms with Crippen LogP contribution in [-0.4, -0.2) is 42.5 Å². The highest BCUT2D eigenvalue weighted by Crippen LogP contribution is 2.12. The van der Waals surface area contributed by atoms with Crippen molar-refractivity contribution < 1.29 is 14.6 Å². The molecule has 0 saturated carbocycles. The number of ether oxygens (including phenoxy) is 1.